The van der Waals surface area contributed by atoms with Gasteiger partial charge in [0.1, 0.15) is 12.1 Å². The van der Waals surface area contributed by atoms with E-state index in [4.69, 9.17) is 4.74 Å². The van der Waals surface area contributed by atoms with E-state index in [9.17, 15) is 14.7 Å². The molecule has 164 valence electrons. The van der Waals surface area contributed by atoms with Gasteiger partial charge in [0.2, 0.25) is 11.8 Å². The van der Waals surface area contributed by atoms with E-state index in [2.05, 4.69) is 20.5 Å². The van der Waals surface area contributed by atoms with Crippen molar-refractivity contribution in [2.24, 2.45) is 5.41 Å². The van der Waals surface area contributed by atoms with Gasteiger partial charge < -0.3 is 20.1 Å². The average molecular weight is 411 g/mol. The Morgan fingerprint density at radius 3 is 2.72 bits per heavy atom. The van der Waals surface area contributed by atoms with E-state index in [1.807, 2.05) is 27.8 Å². The van der Waals surface area contributed by atoms with Gasteiger partial charge in [0.25, 0.3) is 0 Å². The number of likely N-dealkylation sites (tertiary alicyclic amines) is 1. The Morgan fingerprint density at radius 1 is 1.45 bits per heavy atom. The second-order valence-corrected chi connectivity index (χ2v) is 8.70. The summed E-state index contributed by atoms with van der Waals surface area (Å²) in [6, 6.07) is -1.33. The normalized spacial score (nSPS) is 20.9. The van der Waals surface area contributed by atoms with E-state index < -0.39 is 23.6 Å². The summed E-state index contributed by atoms with van der Waals surface area (Å²) >= 11 is 0. The number of aliphatic hydroxyl groups is 1. The van der Waals surface area contributed by atoms with Gasteiger partial charge >= 0.3 is 0 Å². The van der Waals surface area contributed by atoms with Crippen LogP contribution in [-0.4, -0.2) is 94.8 Å². The lowest BCUT2D eigenvalue weighted by atomic mass is 9.85. The molecule has 0 radical (unpaired) electrons. The van der Waals surface area contributed by atoms with E-state index >= 15 is 0 Å². The van der Waals surface area contributed by atoms with Gasteiger partial charge in [0.15, 0.2) is 0 Å². The number of nitrogens with zero attached hydrogens (tertiary/aromatic N) is 5. The molecule has 1 saturated heterocycles. The van der Waals surface area contributed by atoms with Crippen LogP contribution in [0.25, 0.3) is 0 Å². The van der Waals surface area contributed by atoms with E-state index in [0.29, 0.717) is 13.2 Å². The number of ether oxygens (including phenoxy) is 1. The first-order valence-corrected chi connectivity index (χ1v) is 9.86. The highest BCUT2D eigenvalue weighted by atomic mass is 16.5. The Balaban J connectivity index is 2.24. The van der Waals surface area contributed by atoms with Crippen molar-refractivity contribution in [3.8, 4) is 0 Å². The minimum Gasteiger partial charge on any atom is -0.391 e. The monoisotopic (exact) mass is 410 g/mol. The summed E-state index contributed by atoms with van der Waals surface area (Å²) in [5, 5.41) is 21.1. The molecule has 3 atom stereocenters. The first-order valence-electron chi connectivity index (χ1n) is 9.86. The zero-order valence-electron chi connectivity index (χ0n) is 18.3. The Hall–Kier alpha value is -2.04. The number of nitrogens with one attached hydrogen (secondary N) is 1. The van der Waals surface area contributed by atoms with Gasteiger partial charge in [-0.25, -0.2) is 4.68 Å². The van der Waals surface area contributed by atoms with Crippen molar-refractivity contribution in [1.29, 1.82) is 0 Å². The first kappa shape index (κ1) is 23.2. The van der Waals surface area contributed by atoms with Crippen molar-refractivity contribution >= 4 is 11.8 Å². The summed E-state index contributed by atoms with van der Waals surface area (Å²) in [6.07, 6.45) is 1.29. The quantitative estimate of drug-likeness (QED) is 0.602. The van der Waals surface area contributed by atoms with Crippen molar-refractivity contribution in [3.63, 3.8) is 0 Å². The number of carbonyl (C=O) groups is 2. The molecule has 2 N–H and O–H groups in total. The molecule has 1 aromatic rings. The Labute approximate surface area is 172 Å². The van der Waals surface area contributed by atoms with E-state index in [-0.39, 0.29) is 24.8 Å². The molecule has 1 aliphatic rings. The molecule has 0 spiro atoms. The second-order valence-electron chi connectivity index (χ2n) is 8.70. The summed E-state index contributed by atoms with van der Waals surface area (Å²) in [4.78, 5) is 29.2. The lowest BCUT2D eigenvalue weighted by Gasteiger charge is -2.34. The Morgan fingerprint density at radius 2 is 2.14 bits per heavy atom. The summed E-state index contributed by atoms with van der Waals surface area (Å²) in [5.74, 6) is -0.520. The van der Waals surface area contributed by atoms with Crippen molar-refractivity contribution in [2.45, 2.75) is 51.9 Å². The molecule has 0 aliphatic carbocycles. The van der Waals surface area contributed by atoms with Gasteiger partial charge in [0, 0.05) is 40.2 Å². The number of rotatable bonds is 8. The molecule has 2 amide bonds. The molecule has 2 heterocycles. The third-order valence-corrected chi connectivity index (χ3v) is 5.10. The lowest BCUT2D eigenvalue weighted by molar-refractivity contribution is -0.144. The molecule has 2 unspecified atom stereocenters. The van der Waals surface area contributed by atoms with E-state index in [1.165, 1.54) is 11.9 Å². The molecule has 10 nitrogen and oxygen atoms in total. The van der Waals surface area contributed by atoms with Crippen LogP contribution in [0.1, 0.15) is 38.9 Å². The molecule has 1 aliphatic heterocycles. The van der Waals surface area contributed by atoms with Crippen LogP contribution in [0.3, 0.4) is 0 Å². The number of carbonyl (C=O) groups excluding carboxylic acids is 2. The molecule has 10 heteroatoms. The highest BCUT2D eigenvalue weighted by molar-refractivity contribution is 5.90. The van der Waals surface area contributed by atoms with Crippen molar-refractivity contribution in [2.75, 3.05) is 40.9 Å². The first-order chi connectivity index (χ1) is 13.6. The minimum absolute atomic E-state index is 0.130. The lowest BCUT2D eigenvalue weighted by Crippen LogP contribution is -2.49. The Kier molecular flexibility index (Phi) is 7.73. The predicted octanol–water partition coefficient (Wildman–Crippen LogP) is -0.349. The van der Waals surface area contributed by atoms with Gasteiger partial charge in [0.05, 0.1) is 24.6 Å². The third-order valence-electron chi connectivity index (χ3n) is 5.10. The number of aromatic nitrogens is 3. The van der Waals surface area contributed by atoms with Crippen LogP contribution in [0, 0.1) is 5.41 Å². The molecule has 0 aromatic carbocycles. The van der Waals surface area contributed by atoms with Crippen LogP contribution in [0.2, 0.25) is 0 Å². The largest absolute Gasteiger partial charge is 0.391 e. The molecule has 0 bridgehead atoms. The fourth-order valence-electron chi connectivity index (χ4n) is 3.62. The van der Waals surface area contributed by atoms with Gasteiger partial charge in [-0.05, 0) is 12.5 Å². The maximum Gasteiger partial charge on any atom is 0.248 e. The van der Waals surface area contributed by atoms with Gasteiger partial charge in [-0.2, -0.15) is 0 Å². The average Bonchev–Trinajstić information content (AvgIpc) is 3.24. The summed E-state index contributed by atoms with van der Waals surface area (Å²) in [5.41, 5.74) is 0.278. The van der Waals surface area contributed by atoms with Gasteiger partial charge in [-0.15, -0.1) is 5.10 Å². The summed E-state index contributed by atoms with van der Waals surface area (Å²) < 4.78 is 6.66. The summed E-state index contributed by atoms with van der Waals surface area (Å²) in [7, 11) is 5.15. The molecule has 1 aromatic heterocycles. The van der Waals surface area contributed by atoms with Crippen molar-refractivity contribution in [1.82, 2.24) is 30.1 Å². The Bertz CT molecular complexity index is 701. The van der Waals surface area contributed by atoms with E-state index in [1.54, 1.807) is 18.0 Å². The van der Waals surface area contributed by atoms with Crippen LogP contribution in [0.5, 0.6) is 0 Å². The highest BCUT2D eigenvalue weighted by Gasteiger charge is 2.44. The summed E-state index contributed by atoms with van der Waals surface area (Å²) in [6.45, 7) is 7.92. The van der Waals surface area contributed by atoms with E-state index in [0.717, 1.165) is 12.2 Å². The van der Waals surface area contributed by atoms with Crippen LogP contribution >= 0.6 is 0 Å². The second kappa shape index (κ2) is 9.64. The van der Waals surface area contributed by atoms with Crippen molar-refractivity contribution < 1.29 is 19.4 Å². The number of likely N-dealkylation sites (N-methyl/N-ethyl adjacent to an activating group) is 2. The van der Waals surface area contributed by atoms with Crippen LogP contribution in [0.15, 0.2) is 6.20 Å². The molecular weight excluding hydrogens is 376 g/mol. The number of hydrogen-bond donors (Lipinski definition) is 2. The number of amides is 2. The standard InChI is InChI=1S/C19H34N6O4/c1-19(2,3)16(18(28)24-12-14(26)9-15(24)17(27)20-4)25-11-13(21-22-25)10-23(5)7-8-29-6/h11,14-16,26H,7-10,12H2,1-6H3,(H,20,27)/t14?,15?,16-/m1/s1. The number of β-amino-alcohol motifs (C(OH)–C–C–N with tert-alkyl or cyclic N) is 1. The molecule has 1 fully saturated rings. The zero-order chi connectivity index (χ0) is 21.8. The van der Waals surface area contributed by atoms with Crippen LogP contribution in [0.4, 0.5) is 0 Å². The highest BCUT2D eigenvalue weighted by Crippen LogP contribution is 2.34. The molecular formula is C19H34N6O4. The van der Waals surface area contributed by atoms with Gasteiger partial charge in [-0.3, -0.25) is 14.5 Å². The van der Waals surface area contributed by atoms with Crippen LogP contribution in [-0.2, 0) is 20.9 Å². The minimum atomic E-state index is -0.720. The van der Waals surface area contributed by atoms with Crippen LogP contribution < -0.4 is 5.32 Å². The maximum atomic E-state index is 13.5. The fraction of sp³-hybridized carbons (Fsp3) is 0.789. The third kappa shape index (κ3) is 5.74. The fourth-order valence-corrected chi connectivity index (χ4v) is 3.62. The van der Waals surface area contributed by atoms with Gasteiger partial charge in [-0.1, -0.05) is 26.0 Å². The SMILES string of the molecule is CNC(=O)C1CC(O)CN1C(=O)[C@@H](n1cc(CN(C)CCOC)nn1)C(C)(C)C. The smallest absolute Gasteiger partial charge is 0.248 e. The number of methoxy groups -OCH3 is 1. The molecule has 2 rings (SSSR count). The zero-order valence-corrected chi connectivity index (χ0v) is 18.3. The molecule has 29 heavy (non-hydrogen) atoms. The molecule has 0 saturated carbocycles. The predicted molar refractivity (Wildman–Crippen MR) is 107 cm³/mol. The van der Waals surface area contributed by atoms with Crippen molar-refractivity contribution in [3.05, 3.63) is 11.9 Å². The number of aliphatic hydroxyl groups excluding tert-OH is 1. The topological polar surface area (TPSA) is 113 Å². The number of hydrogen-bond acceptors (Lipinski definition) is 7. The maximum absolute atomic E-state index is 13.5.